The Balaban J connectivity index is 2.37. The zero-order valence-corrected chi connectivity index (χ0v) is 22.0. The lowest BCUT2D eigenvalue weighted by Crippen LogP contribution is -2.51. The molecule has 0 saturated heterocycles. The average molecular weight is 500 g/mol. The van der Waals surface area contributed by atoms with Gasteiger partial charge in [-0.1, -0.05) is 32.0 Å². The van der Waals surface area contributed by atoms with E-state index in [4.69, 9.17) is 9.47 Å². The molecular weight excluding hydrogens is 462 g/mol. The number of anilines is 1. The minimum absolute atomic E-state index is 0.0685. The van der Waals surface area contributed by atoms with Crippen molar-refractivity contribution < 1.29 is 29.0 Å². The van der Waals surface area contributed by atoms with Crippen LogP contribution in [0.4, 0.5) is 10.5 Å². The maximum atomic E-state index is 13.6. The van der Waals surface area contributed by atoms with Gasteiger partial charge in [-0.2, -0.15) is 0 Å². The van der Waals surface area contributed by atoms with Crippen LogP contribution in [0, 0.1) is 5.92 Å². The van der Waals surface area contributed by atoms with Crippen molar-refractivity contribution in [3.63, 3.8) is 0 Å². The van der Waals surface area contributed by atoms with E-state index in [0.29, 0.717) is 17.9 Å². The summed E-state index contributed by atoms with van der Waals surface area (Å²) in [7, 11) is 3.01. The molecule has 0 spiro atoms. The molecule has 196 valence electrons. The van der Waals surface area contributed by atoms with Gasteiger partial charge in [-0.25, -0.2) is 4.79 Å². The number of carbonyl (C=O) groups is 3. The van der Waals surface area contributed by atoms with E-state index >= 15 is 0 Å². The Kier molecular flexibility index (Phi) is 9.72. The van der Waals surface area contributed by atoms with Crippen LogP contribution in [0.5, 0.6) is 11.5 Å². The van der Waals surface area contributed by atoms with Gasteiger partial charge >= 0.3 is 6.09 Å². The highest BCUT2D eigenvalue weighted by Gasteiger charge is 2.35. The number of ether oxygens (including phenoxy) is 2. The highest BCUT2D eigenvalue weighted by Crippen LogP contribution is 2.30. The predicted octanol–water partition coefficient (Wildman–Crippen LogP) is 4.48. The summed E-state index contributed by atoms with van der Waals surface area (Å²) < 4.78 is 10.5. The molecule has 0 aliphatic heterocycles. The number of rotatable bonds is 9. The number of aromatic hydroxyl groups is 1. The van der Waals surface area contributed by atoms with Crippen LogP contribution < -0.4 is 15.4 Å². The van der Waals surface area contributed by atoms with E-state index in [9.17, 15) is 19.5 Å². The summed E-state index contributed by atoms with van der Waals surface area (Å²) in [5.41, 5.74) is 0.00509. The first-order valence-electron chi connectivity index (χ1n) is 11.8. The number of methoxy groups -OCH3 is 1. The second-order valence-corrected chi connectivity index (χ2v) is 9.96. The third-order valence-electron chi connectivity index (χ3n) is 5.27. The number of hydrogen-bond donors (Lipinski definition) is 3. The van der Waals surface area contributed by atoms with Crippen LogP contribution >= 0.6 is 0 Å². The Morgan fingerprint density at radius 2 is 1.64 bits per heavy atom. The first-order chi connectivity index (χ1) is 16.8. The monoisotopic (exact) mass is 499 g/mol. The van der Waals surface area contributed by atoms with Crippen molar-refractivity contribution in [1.82, 2.24) is 10.2 Å². The number of hydrogen-bond acceptors (Lipinski definition) is 6. The Bertz CT molecular complexity index is 1050. The van der Waals surface area contributed by atoms with Crippen molar-refractivity contribution >= 4 is 23.6 Å². The molecule has 9 heteroatoms. The van der Waals surface area contributed by atoms with Gasteiger partial charge in [0.05, 0.1) is 7.11 Å². The van der Waals surface area contributed by atoms with Crippen molar-refractivity contribution in [3.05, 3.63) is 54.1 Å². The Morgan fingerprint density at radius 1 is 1.03 bits per heavy atom. The van der Waals surface area contributed by atoms with Gasteiger partial charge in [0.1, 0.15) is 29.2 Å². The molecule has 3 N–H and O–H groups in total. The maximum Gasteiger partial charge on any atom is 0.408 e. The van der Waals surface area contributed by atoms with Crippen LogP contribution in [0.15, 0.2) is 48.5 Å². The van der Waals surface area contributed by atoms with Gasteiger partial charge in [0.15, 0.2) is 0 Å². The van der Waals surface area contributed by atoms with Crippen LogP contribution in [0.1, 0.15) is 52.6 Å². The number of benzene rings is 2. The molecule has 0 aliphatic rings. The summed E-state index contributed by atoms with van der Waals surface area (Å²) in [6.07, 6.45) is -0.396. The third-order valence-corrected chi connectivity index (χ3v) is 5.27. The van der Waals surface area contributed by atoms with Crippen molar-refractivity contribution in [2.45, 2.75) is 58.7 Å². The first-order valence-corrected chi connectivity index (χ1v) is 11.8. The summed E-state index contributed by atoms with van der Waals surface area (Å²) in [4.78, 5) is 40.8. The molecule has 2 atom stereocenters. The van der Waals surface area contributed by atoms with Crippen molar-refractivity contribution in [3.8, 4) is 11.5 Å². The molecule has 3 amide bonds. The standard InChI is InChI=1S/C27H37N3O6/c1-17(2)16-21(29-26(34)36-27(3,4)5)25(33)30(6)23(20-10-8-9-11-22(20)31)24(32)28-18-12-14-19(35-7)15-13-18/h8-15,17,21,23,31H,16H2,1-7H3,(H,28,32)(H,29,34). The number of amides is 3. The fraction of sp³-hybridized carbons (Fsp3) is 0.444. The zero-order valence-electron chi connectivity index (χ0n) is 22.0. The molecule has 0 aromatic heterocycles. The quantitative estimate of drug-likeness (QED) is 0.468. The number of phenolic OH excluding ortho intramolecular Hbond substituents is 1. The van der Waals surface area contributed by atoms with Gasteiger partial charge in [0, 0.05) is 18.3 Å². The normalized spacial score (nSPS) is 12.9. The summed E-state index contributed by atoms with van der Waals surface area (Å²) in [5, 5.41) is 16.0. The van der Waals surface area contributed by atoms with E-state index in [1.807, 2.05) is 13.8 Å². The molecular formula is C27H37N3O6. The highest BCUT2D eigenvalue weighted by atomic mass is 16.6. The highest BCUT2D eigenvalue weighted by molar-refractivity contribution is 5.99. The Morgan fingerprint density at radius 3 is 2.17 bits per heavy atom. The Hall–Kier alpha value is -3.75. The van der Waals surface area contributed by atoms with Gasteiger partial charge in [-0.05, 0) is 63.4 Å². The first kappa shape index (κ1) is 28.5. The van der Waals surface area contributed by atoms with Gasteiger partial charge < -0.3 is 30.1 Å². The molecule has 2 unspecified atom stereocenters. The molecule has 0 heterocycles. The number of likely N-dealkylation sites (N-methyl/N-ethyl adjacent to an activating group) is 1. The number of nitrogens with zero attached hydrogens (tertiary/aromatic N) is 1. The van der Waals surface area contributed by atoms with Crippen LogP contribution in [0.3, 0.4) is 0 Å². The van der Waals surface area contributed by atoms with Crippen molar-refractivity contribution in [2.75, 3.05) is 19.5 Å². The summed E-state index contributed by atoms with van der Waals surface area (Å²) in [6, 6.07) is 11.0. The lowest BCUT2D eigenvalue weighted by molar-refractivity contribution is -0.139. The topological polar surface area (TPSA) is 117 Å². The molecule has 36 heavy (non-hydrogen) atoms. The summed E-state index contributed by atoms with van der Waals surface area (Å²) in [5.74, 6) is -0.459. The maximum absolute atomic E-state index is 13.6. The van der Waals surface area contributed by atoms with Gasteiger partial charge in [0.25, 0.3) is 5.91 Å². The lowest BCUT2D eigenvalue weighted by atomic mass is 9.99. The fourth-order valence-corrected chi connectivity index (χ4v) is 3.65. The molecule has 0 bridgehead atoms. The number of phenols is 1. The second-order valence-electron chi connectivity index (χ2n) is 9.96. The lowest BCUT2D eigenvalue weighted by Gasteiger charge is -2.32. The molecule has 0 fully saturated rings. The number of alkyl carbamates (subject to hydrolysis) is 1. The number of carbonyl (C=O) groups excluding carboxylic acids is 3. The van der Waals surface area contributed by atoms with E-state index in [-0.39, 0.29) is 17.2 Å². The number of nitrogens with one attached hydrogen (secondary N) is 2. The fourth-order valence-electron chi connectivity index (χ4n) is 3.65. The molecule has 0 radical (unpaired) electrons. The third kappa shape index (κ3) is 8.18. The minimum atomic E-state index is -1.17. The number of para-hydroxylation sites is 1. The van der Waals surface area contributed by atoms with Crippen molar-refractivity contribution in [2.24, 2.45) is 5.92 Å². The van der Waals surface area contributed by atoms with Crippen LogP contribution in [0.2, 0.25) is 0 Å². The van der Waals surface area contributed by atoms with E-state index in [1.54, 1.807) is 70.3 Å². The second kappa shape index (κ2) is 12.3. The molecule has 2 aromatic carbocycles. The predicted molar refractivity (Wildman–Crippen MR) is 138 cm³/mol. The molecule has 0 saturated carbocycles. The summed E-state index contributed by atoms with van der Waals surface area (Å²) in [6.45, 7) is 9.04. The smallest absolute Gasteiger partial charge is 0.408 e. The van der Waals surface area contributed by atoms with Crippen LogP contribution in [0.25, 0.3) is 0 Å². The average Bonchev–Trinajstić information content (AvgIpc) is 2.78. The van der Waals surface area contributed by atoms with E-state index < -0.39 is 35.6 Å². The minimum Gasteiger partial charge on any atom is -0.508 e. The molecule has 9 nitrogen and oxygen atoms in total. The van der Waals surface area contributed by atoms with Gasteiger partial charge in [-0.15, -0.1) is 0 Å². The van der Waals surface area contributed by atoms with E-state index in [1.165, 1.54) is 18.0 Å². The molecule has 2 aromatic rings. The van der Waals surface area contributed by atoms with Gasteiger partial charge in [-0.3, -0.25) is 9.59 Å². The van der Waals surface area contributed by atoms with Crippen molar-refractivity contribution in [1.29, 1.82) is 0 Å². The van der Waals surface area contributed by atoms with E-state index in [0.717, 1.165) is 0 Å². The Labute approximate surface area is 212 Å². The molecule has 0 aliphatic carbocycles. The summed E-state index contributed by atoms with van der Waals surface area (Å²) >= 11 is 0. The SMILES string of the molecule is COc1ccc(NC(=O)C(c2ccccc2O)N(C)C(=O)C(CC(C)C)NC(=O)OC(C)(C)C)cc1. The van der Waals surface area contributed by atoms with Crippen LogP contribution in [-0.4, -0.2) is 53.7 Å². The van der Waals surface area contributed by atoms with Gasteiger partial charge in [0.2, 0.25) is 5.91 Å². The van der Waals surface area contributed by atoms with Crippen LogP contribution in [-0.2, 0) is 14.3 Å². The van der Waals surface area contributed by atoms with E-state index in [2.05, 4.69) is 10.6 Å². The zero-order chi connectivity index (χ0) is 27.0. The largest absolute Gasteiger partial charge is 0.508 e. The molecule has 2 rings (SSSR count).